The van der Waals surface area contributed by atoms with Crippen LogP contribution in [0.2, 0.25) is 0 Å². The number of hydrogen-bond donors (Lipinski definition) is 0. The fourth-order valence-corrected chi connectivity index (χ4v) is 1.44. The fourth-order valence-electron chi connectivity index (χ4n) is 1.44. The van der Waals surface area contributed by atoms with Gasteiger partial charge in [0.1, 0.15) is 0 Å². The number of carboxylic acids is 4. The third kappa shape index (κ3) is 17.1. The number of rotatable bonds is 11. The Morgan fingerprint density at radius 2 is 0.773 bits per heavy atom. The molecule has 0 amide bonds. The summed E-state index contributed by atoms with van der Waals surface area (Å²) in [6.07, 6.45) is 0. The molecule has 0 rings (SSSR count). The van der Waals surface area contributed by atoms with Crippen molar-refractivity contribution in [2.24, 2.45) is 0 Å². The van der Waals surface area contributed by atoms with Gasteiger partial charge in [-0.1, -0.05) is 0 Å². The van der Waals surface area contributed by atoms with Gasteiger partial charge < -0.3 is 39.6 Å². The number of carbonyl (C=O) groups is 4. The van der Waals surface area contributed by atoms with Crippen LogP contribution < -0.4 is 20.4 Å². The fraction of sp³-hybridized carbons (Fsp3) is 0.600. The molecular weight excluding hydrogens is 585 g/mol. The van der Waals surface area contributed by atoms with Crippen molar-refractivity contribution in [2.45, 2.75) is 0 Å². The maximum atomic E-state index is 10.4. The molecule has 0 aromatic rings. The van der Waals surface area contributed by atoms with Crippen molar-refractivity contribution in [3.05, 3.63) is 0 Å². The zero-order valence-electron chi connectivity index (χ0n) is 11.1. The normalized spacial score (nSPS) is 9.73. The first-order valence-electron chi connectivity index (χ1n) is 5.44. The van der Waals surface area contributed by atoms with Gasteiger partial charge in [0.15, 0.2) is 0 Å². The first-order valence-corrected chi connectivity index (χ1v) is 5.44. The van der Waals surface area contributed by atoms with Crippen molar-refractivity contribution in [3.63, 3.8) is 0 Å². The number of aliphatic carboxylic acids is 4. The Morgan fingerprint density at radius 1 is 0.591 bits per heavy atom. The van der Waals surface area contributed by atoms with Gasteiger partial charge in [-0.25, -0.2) is 0 Å². The van der Waals surface area contributed by atoms with Gasteiger partial charge in [-0.2, -0.15) is 0 Å². The molecule has 0 aliphatic heterocycles. The molecule has 123 valence electrons. The van der Waals surface area contributed by atoms with E-state index in [9.17, 15) is 39.6 Å². The second kappa shape index (κ2) is 15.2. The molecule has 0 aromatic heterocycles. The predicted octanol–water partition coefficient (Wildman–Crippen LogP) is -7.41. The third-order valence-electron chi connectivity index (χ3n) is 2.14. The summed E-state index contributed by atoms with van der Waals surface area (Å²) in [5, 5.41) is 41.6. The zero-order valence-corrected chi connectivity index (χ0v) is 15.8. The Hall–Kier alpha value is 0.709. The molecular formula is C10H12EuGdN2O8+2. The first-order chi connectivity index (χ1) is 9.20. The minimum absolute atomic E-state index is 0. The molecule has 22 heavy (non-hydrogen) atoms. The SMILES string of the molecule is O=C([O-])CN(CCN(CC(=O)[O-])CC(=O)[O-])CC(=O)[O-].[Eu+3].[Gd+3]. The number of carboxylic acid groups (broad SMARTS) is 4. The number of carbonyl (C=O) groups excluding carboxylic acids is 4. The van der Waals surface area contributed by atoms with E-state index in [-0.39, 0.29) is 102 Å². The second-order valence-electron chi connectivity index (χ2n) is 3.91. The molecule has 0 aromatic carbocycles. The van der Waals surface area contributed by atoms with Crippen LogP contribution in [0.5, 0.6) is 0 Å². The Labute approximate surface area is 199 Å². The largest absolute Gasteiger partial charge is 3.00 e. The Balaban J connectivity index is -0.00000180. The van der Waals surface area contributed by atoms with Crippen LogP contribution in [0.25, 0.3) is 0 Å². The monoisotopic (exact) mass is 599 g/mol. The molecule has 0 aliphatic carbocycles. The van der Waals surface area contributed by atoms with Crippen molar-refractivity contribution in [1.82, 2.24) is 9.80 Å². The van der Waals surface area contributed by atoms with Gasteiger partial charge in [-0.05, 0) is 0 Å². The molecule has 1 radical (unpaired) electrons. The van der Waals surface area contributed by atoms with E-state index in [0.717, 1.165) is 9.80 Å². The van der Waals surface area contributed by atoms with Crippen LogP contribution in [0.3, 0.4) is 0 Å². The van der Waals surface area contributed by atoms with Gasteiger partial charge in [0.2, 0.25) is 0 Å². The average Bonchev–Trinajstić information content (AvgIpc) is 2.22. The van der Waals surface area contributed by atoms with Crippen molar-refractivity contribution in [3.8, 4) is 0 Å². The minimum Gasteiger partial charge on any atom is -0.549 e. The van der Waals surface area contributed by atoms with Crippen LogP contribution in [-0.4, -0.2) is 72.9 Å². The molecule has 0 bridgehead atoms. The summed E-state index contributed by atoms with van der Waals surface area (Å²) in [6, 6.07) is 0. The second-order valence-corrected chi connectivity index (χ2v) is 3.91. The van der Waals surface area contributed by atoms with Crippen LogP contribution in [-0.2, 0) is 19.2 Å². The van der Waals surface area contributed by atoms with Gasteiger partial charge in [0.25, 0.3) is 0 Å². The van der Waals surface area contributed by atoms with Gasteiger partial charge in [0, 0.05) is 39.3 Å². The molecule has 0 fully saturated rings. The predicted molar refractivity (Wildman–Crippen MR) is 52.9 cm³/mol. The summed E-state index contributed by atoms with van der Waals surface area (Å²) in [5.41, 5.74) is 0. The molecule has 0 N–H and O–H groups in total. The van der Waals surface area contributed by atoms with E-state index in [4.69, 9.17) is 0 Å². The van der Waals surface area contributed by atoms with Gasteiger partial charge >= 0.3 is 89.3 Å². The molecule has 0 aliphatic rings. The summed E-state index contributed by atoms with van der Waals surface area (Å²) < 4.78 is 0. The van der Waals surface area contributed by atoms with Gasteiger partial charge in [-0.3, -0.25) is 9.80 Å². The smallest absolute Gasteiger partial charge is 0.549 e. The Kier molecular flexibility index (Phi) is 19.1. The number of nitrogens with zero attached hydrogens (tertiary/aromatic N) is 2. The Morgan fingerprint density at radius 3 is 0.909 bits per heavy atom. The summed E-state index contributed by atoms with van der Waals surface area (Å²) in [7, 11) is 0. The van der Waals surface area contributed by atoms with E-state index in [2.05, 4.69) is 0 Å². The standard InChI is InChI=1S/C10H16N2O8.Eu.Gd/c13-7(14)3-11(4-8(15)16)1-2-12(5-9(17)18)6-10(19)20;;/h1-6H2,(H,13,14)(H,15,16)(H,17,18)(H,19,20);;/q;2*+3/p-4. The van der Waals surface area contributed by atoms with Crippen LogP contribution in [0.1, 0.15) is 0 Å². The summed E-state index contributed by atoms with van der Waals surface area (Å²) in [6.45, 7) is -3.25. The summed E-state index contributed by atoms with van der Waals surface area (Å²) in [5.74, 6) is -6.12. The van der Waals surface area contributed by atoms with Crippen molar-refractivity contribution in [1.29, 1.82) is 0 Å². The minimum atomic E-state index is -1.53. The van der Waals surface area contributed by atoms with E-state index in [0.29, 0.717) is 0 Å². The van der Waals surface area contributed by atoms with Crippen molar-refractivity contribution < 1.29 is 129 Å². The van der Waals surface area contributed by atoms with Crippen LogP contribution in [0.4, 0.5) is 0 Å². The molecule has 0 unspecified atom stereocenters. The molecule has 0 heterocycles. The van der Waals surface area contributed by atoms with Crippen LogP contribution in [0, 0.1) is 89.3 Å². The molecule has 0 spiro atoms. The quantitative estimate of drug-likeness (QED) is 0.223. The molecule has 10 nitrogen and oxygen atoms in total. The average molecular weight is 597 g/mol. The van der Waals surface area contributed by atoms with E-state index in [1.165, 1.54) is 0 Å². The van der Waals surface area contributed by atoms with E-state index in [1.807, 2.05) is 0 Å². The van der Waals surface area contributed by atoms with E-state index in [1.54, 1.807) is 0 Å². The topological polar surface area (TPSA) is 167 Å². The summed E-state index contributed by atoms with van der Waals surface area (Å²) in [4.78, 5) is 43.4. The van der Waals surface area contributed by atoms with E-state index >= 15 is 0 Å². The van der Waals surface area contributed by atoms with Crippen molar-refractivity contribution >= 4 is 23.9 Å². The van der Waals surface area contributed by atoms with E-state index < -0.39 is 50.1 Å². The number of hydrogen-bond acceptors (Lipinski definition) is 10. The first kappa shape index (κ1) is 27.6. The molecule has 0 saturated heterocycles. The van der Waals surface area contributed by atoms with Crippen molar-refractivity contribution in [2.75, 3.05) is 39.3 Å². The van der Waals surface area contributed by atoms with Gasteiger partial charge in [0.05, 0.1) is 23.9 Å². The zero-order chi connectivity index (χ0) is 15.7. The Bertz CT molecular complexity index is 327. The summed E-state index contributed by atoms with van der Waals surface area (Å²) >= 11 is 0. The maximum absolute atomic E-state index is 10.4. The maximum Gasteiger partial charge on any atom is 3.00 e. The van der Waals surface area contributed by atoms with Crippen LogP contribution >= 0.6 is 0 Å². The van der Waals surface area contributed by atoms with Crippen LogP contribution in [0.15, 0.2) is 0 Å². The molecule has 0 atom stereocenters. The van der Waals surface area contributed by atoms with Gasteiger partial charge in [-0.15, -0.1) is 0 Å². The molecule has 12 heteroatoms. The molecule has 0 saturated carbocycles. The third-order valence-corrected chi connectivity index (χ3v) is 2.14.